The van der Waals surface area contributed by atoms with E-state index < -0.39 is 6.10 Å². The third kappa shape index (κ3) is 4.85. The molecule has 4 nitrogen and oxygen atoms in total. The first-order chi connectivity index (χ1) is 11.1. The van der Waals surface area contributed by atoms with Gasteiger partial charge in [-0.25, -0.2) is 0 Å². The number of aliphatic hydroxyl groups excluding tert-OH is 3. The van der Waals surface area contributed by atoms with Crippen LogP contribution in [0, 0.1) is 0 Å². The summed E-state index contributed by atoms with van der Waals surface area (Å²) in [5.74, 6) is -0.0405. The minimum absolute atomic E-state index is 0.0405. The normalized spacial score (nSPS) is 27.4. The molecule has 0 saturated carbocycles. The lowest BCUT2D eigenvalue weighted by Crippen LogP contribution is -2.17. The summed E-state index contributed by atoms with van der Waals surface area (Å²) in [5.41, 5.74) is 3.06. The quantitative estimate of drug-likeness (QED) is 0.588. The minimum atomic E-state index is -0.956. The predicted octanol–water partition coefficient (Wildman–Crippen LogP) is 3.03. The molecule has 0 aromatic rings. The van der Waals surface area contributed by atoms with Crippen molar-refractivity contribution in [2.75, 3.05) is 6.54 Å². The zero-order valence-corrected chi connectivity index (χ0v) is 13.7. The second-order valence-electron chi connectivity index (χ2n) is 5.97. The van der Waals surface area contributed by atoms with Crippen LogP contribution in [0.3, 0.4) is 0 Å². The molecule has 0 aliphatic heterocycles. The lowest BCUT2D eigenvalue weighted by Gasteiger charge is -2.14. The molecule has 0 heterocycles. The first-order valence-corrected chi connectivity index (χ1v) is 8.38. The van der Waals surface area contributed by atoms with Crippen molar-refractivity contribution in [3.8, 4) is 0 Å². The van der Waals surface area contributed by atoms with E-state index in [1.807, 2.05) is 6.08 Å². The van der Waals surface area contributed by atoms with Crippen molar-refractivity contribution >= 4 is 0 Å². The van der Waals surface area contributed by atoms with Gasteiger partial charge in [0.1, 0.15) is 11.9 Å². The molecule has 23 heavy (non-hydrogen) atoms. The summed E-state index contributed by atoms with van der Waals surface area (Å²) < 4.78 is 0. The molecule has 4 N–H and O–H groups in total. The lowest BCUT2D eigenvalue weighted by atomic mass is 9.98. The van der Waals surface area contributed by atoms with Gasteiger partial charge in [-0.15, -0.1) is 0 Å². The van der Waals surface area contributed by atoms with Crippen LogP contribution in [0.5, 0.6) is 0 Å². The van der Waals surface area contributed by atoms with E-state index in [2.05, 4.69) is 18.3 Å². The molecule has 2 aliphatic rings. The first kappa shape index (κ1) is 17.6. The van der Waals surface area contributed by atoms with Gasteiger partial charge in [0.2, 0.25) is 0 Å². The van der Waals surface area contributed by atoms with Gasteiger partial charge in [0.15, 0.2) is 0 Å². The summed E-state index contributed by atoms with van der Waals surface area (Å²) in [5, 5.41) is 32.6. The number of nitrogens with one attached hydrogen (secondary N) is 1. The van der Waals surface area contributed by atoms with Crippen molar-refractivity contribution in [3.05, 3.63) is 59.1 Å². The van der Waals surface area contributed by atoms with Gasteiger partial charge in [0.25, 0.3) is 0 Å². The molecule has 0 radical (unpaired) electrons. The minimum Gasteiger partial charge on any atom is -0.509 e. The van der Waals surface area contributed by atoms with Crippen molar-refractivity contribution in [1.29, 1.82) is 0 Å². The molecule has 0 spiro atoms. The van der Waals surface area contributed by atoms with Gasteiger partial charge < -0.3 is 20.6 Å². The number of hydrogen-bond donors (Lipinski definition) is 4. The molecule has 2 atom stereocenters. The van der Waals surface area contributed by atoms with E-state index in [-0.39, 0.29) is 11.9 Å². The van der Waals surface area contributed by atoms with Crippen LogP contribution in [0.1, 0.15) is 39.0 Å². The van der Waals surface area contributed by atoms with E-state index in [9.17, 15) is 15.3 Å². The molecule has 0 aromatic carbocycles. The average Bonchev–Trinajstić information content (AvgIpc) is 2.72. The number of hydrogen-bond acceptors (Lipinski definition) is 4. The Morgan fingerprint density at radius 2 is 2.13 bits per heavy atom. The van der Waals surface area contributed by atoms with E-state index in [0.717, 1.165) is 37.7 Å². The Bertz CT molecular complexity index is 555. The van der Waals surface area contributed by atoms with Crippen molar-refractivity contribution in [2.45, 2.75) is 51.2 Å². The van der Waals surface area contributed by atoms with Crippen molar-refractivity contribution in [2.24, 2.45) is 0 Å². The molecule has 2 aliphatic carbocycles. The number of allylic oxidation sites excluding steroid dienone is 4. The molecule has 0 amide bonds. The van der Waals surface area contributed by atoms with Crippen LogP contribution >= 0.6 is 0 Å². The Hall–Kier alpha value is -1.78. The number of rotatable bonds is 5. The van der Waals surface area contributed by atoms with Crippen molar-refractivity contribution < 1.29 is 15.3 Å². The summed E-state index contributed by atoms with van der Waals surface area (Å²) in [7, 11) is 0. The molecule has 2 unspecified atom stereocenters. The van der Waals surface area contributed by atoms with Gasteiger partial charge in [-0.1, -0.05) is 37.6 Å². The molecule has 0 aromatic heterocycles. The summed E-state index contributed by atoms with van der Waals surface area (Å²) >= 11 is 0. The topological polar surface area (TPSA) is 72.7 Å². The van der Waals surface area contributed by atoms with Crippen LogP contribution < -0.4 is 5.32 Å². The fourth-order valence-corrected chi connectivity index (χ4v) is 3.04. The van der Waals surface area contributed by atoms with Crippen LogP contribution in [0.2, 0.25) is 0 Å². The second kappa shape index (κ2) is 8.75. The molecule has 0 saturated heterocycles. The number of aliphatic hydroxyl groups is 3. The molecule has 0 bridgehead atoms. The van der Waals surface area contributed by atoms with E-state index in [0.29, 0.717) is 12.1 Å². The van der Waals surface area contributed by atoms with Gasteiger partial charge in [-0.05, 0) is 42.9 Å². The summed E-state index contributed by atoms with van der Waals surface area (Å²) in [4.78, 5) is 0. The smallest absolute Gasteiger partial charge is 0.137 e. The molecule has 4 heteroatoms. The summed E-state index contributed by atoms with van der Waals surface area (Å²) in [6.07, 6.45) is 14.5. The van der Waals surface area contributed by atoms with Gasteiger partial charge >= 0.3 is 0 Å². The van der Waals surface area contributed by atoms with Gasteiger partial charge in [-0.2, -0.15) is 0 Å². The molecular weight excluding hydrogens is 290 g/mol. The van der Waals surface area contributed by atoms with Crippen LogP contribution in [0.15, 0.2) is 59.1 Å². The fourth-order valence-electron chi connectivity index (χ4n) is 3.04. The second-order valence-corrected chi connectivity index (χ2v) is 5.97. The van der Waals surface area contributed by atoms with E-state index in [4.69, 9.17) is 0 Å². The Kier molecular flexibility index (Phi) is 6.68. The standard InChI is InChI=1S/C19H27NO3/c1-2-16-14(7-3-4-10-17(16)21)9-6-12-20-13-15-8-5-11-18(22)19(15)23/h5-6,8-9,11,13,17,19-23H,2-4,7,10,12H2,1H3/b9-6-,15-13+. The van der Waals surface area contributed by atoms with E-state index >= 15 is 0 Å². The van der Waals surface area contributed by atoms with Crippen LogP contribution in [0.4, 0.5) is 0 Å². The molecule has 0 fully saturated rings. The Balaban J connectivity index is 1.91. The van der Waals surface area contributed by atoms with Crippen molar-refractivity contribution in [3.63, 3.8) is 0 Å². The van der Waals surface area contributed by atoms with Crippen molar-refractivity contribution in [1.82, 2.24) is 5.32 Å². The average molecular weight is 317 g/mol. The van der Waals surface area contributed by atoms with Gasteiger partial charge in [-0.3, -0.25) is 0 Å². The highest BCUT2D eigenvalue weighted by Crippen LogP contribution is 2.27. The molecule has 2 rings (SSSR count). The predicted molar refractivity (Wildman–Crippen MR) is 92.9 cm³/mol. The van der Waals surface area contributed by atoms with Gasteiger partial charge in [0.05, 0.1) is 6.10 Å². The lowest BCUT2D eigenvalue weighted by molar-refractivity contribution is 0.184. The van der Waals surface area contributed by atoms with Gasteiger partial charge in [0, 0.05) is 18.3 Å². The van der Waals surface area contributed by atoms with Crippen LogP contribution in [0.25, 0.3) is 0 Å². The Morgan fingerprint density at radius 3 is 2.91 bits per heavy atom. The summed E-state index contributed by atoms with van der Waals surface area (Å²) in [6, 6.07) is 0. The third-order valence-electron chi connectivity index (χ3n) is 4.34. The fraction of sp³-hybridized carbons (Fsp3) is 0.474. The van der Waals surface area contributed by atoms with Crippen LogP contribution in [-0.4, -0.2) is 34.1 Å². The van der Waals surface area contributed by atoms with Crippen LogP contribution in [-0.2, 0) is 0 Å². The van der Waals surface area contributed by atoms with E-state index in [1.54, 1.807) is 18.4 Å². The SMILES string of the molecule is CCC1=C(/C=C\CN/C=C2\C=CC=C(O)C2O)CCCCC1O. The molecule has 126 valence electrons. The maximum absolute atomic E-state index is 10.2. The Labute approximate surface area is 138 Å². The highest BCUT2D eigenvalue weighted by molar-refractivity contribution is 5.36. The first-order valence-electron chi connectivity index (χ1n) is 8.38. The largest absolute Gasteiger partial charge is 0.509 e. The summed E-state index contributed by atoms with van der Waals surface area (Å²) in [6.45, 7) is 2.72. The molecular formula is C19H27NO3. The Morgan fingerprint density at radius 1 is 1.30 bits per heavy atom. The highest BCUT2D eigenvalue weighted by Gasteiger charge is 2.16. The zero-order chi connectivity index (χ0) is 16.7. The van der Waals surface area contributed by atoms with E-state index in [1.165, 1.54) is 11.6 Å². The third-order valence-corrected chi connectivity index (χ3v) is 4.34. The zero-order valence-electron chi connectivity index (χ0n) is 13.7. The maximum Gasteiger partial charge on any atom is 0.137 e. The maximum atomic E-state index is 10.2. The highest BCUT2D eigenvalue weighted by atomic mass is 16.3. The monoisotopic (exact) mass is 317 g/mol.